The predicted molar refractivity (Wildman–Crippen MR) is 121 cm³/mol. The Bertz CT molecular complexity index is 1290. The van der Waals surface area contributed by atoms with Crippen LogP contribution in [0.2, 0.25) is 5.02 Å². The number of anilines is 1. The summed E-state index contributed by atoms with van der Waals surface area (Å²) in [6.45, 7) is 2.23. The van der Waals surface area contributed by atoms with E-state index in [-0.39, 0.29) is 11.0 Å². The SMILES string of the molecule is Cc1cc(=O)c(C(=O)Nc2ccccc2Cl)c(-c2cccnc2)n1Cc1ccccn1. The fraction of sp³-hybridized carbons (Fsp3) is 0.0833. The highest BCUT2D eigenvalue weighted by atomic mass is 35.5. The number of hydrogen-bond acceptors (Lipinski definition) is 4. The number of halogens is 1. The van der Waals surface area contributed by atoms with E-state index < -0.39 is 5.91 Å². The summed E-state index contributed by atoms with van der Waals surface area (Å²) in [6.07, 6.45) is 4.99. The molecule has 0 spiro atoms. The third-order valence-electron chi connectivity index (χ3n) is 4.85. The molecule has 0 saturated carbocycles. The van der Waals surface area contributed by atoms with Crippen LogP contribution in [-0.4, -0.2) is 20.4 Å². The maximum absolute atomic E-state index is 13.3. The van der Waals surface area contributed by atoms with Crippen LogP contribution >= 0.6 is 11.6 Å². The van der Waals surface area contributed by atoms with Gasteiger partial charge in [0.05, 0.1) is 28.6 Å². The highest BCUT2D eigenvalue weighted by Gasteiger charge is 2.23. The molecule has 1 amide bonds. The Labute approximate surface area is 184 Å². The van der Waals surface area contributed by atoms with Gasteiger partial charge < -0.3 is 9.88 Å². The number of nitrogens with one attached hydrogen (secondary N) is 1. The number of pyridine rings is 3. The molecule has 1 N–H and O–H groups in total. The van der Waals surface area contributed by atoms with Crippen LogP contribution in [0.4, 0.5) is 5.69 Å². The molecule has 1 aromatic carbocycles. The fourth-order valence-corrected chi connectivity index (χ4v) is 3.58. The molecule has 7 heteroatoms. The number of nitrogens with zero attached hydrogens (tertiary/aromatic N) is 3. The molecule has 3 heterocycles. The normalized spacial score (nSPS) is 10.6. The molecular formula is C24H19ClN4O2. The van der Waals surface area contributed by atoms with Gasteiger partial charge in [-0.3, -0.25) is 19.6 Å². The molecule has 0 aliphatic carbocycles. The summed E-state index contributed by atoms with van der Waals surface area (Å²) in [7, 11) is 0. The van der Waals surface area contributed by atoms with Crippen LogP contribution in [0.15, 0.2) is 84.0 Å². The van der Waals surface area contributed by atoms with E-state index in [0.717, 1.165) is 5.69 Å². The van der Waals surface area contributed by atoms with Gasteiger partial charge in [0.15, 0.2) is 5.43 Å². The van der Waals surface area contributed by atoms with Gasteiger partial charge in [-0.25, -0.2) is 0 Å². The number of aryl methyl sites for hydroxylation is 1. The van der Waals surface area contributed by atoms with Crippen LogP contribution in [0.3, 0.4) is 0 Å². The lowest BCUT2D eigenvalue weighted by Gasteiger charge is -2.20. The molecule has 3 aromatic heterocycles. The van der Waals surface area contributed by atoms with Crippen LogP contribution < -0.4 is 10.7 Å². The summed E-state index contributed by atoms with van der Waals surface area (Å²) in [4.78, 5) is 34.9. The summed E-state index contributed by atoms with van der Waals surface area (Å²) >= 11 is 6.20. The lowest BCUT2D eigenvalue weighted by atomic mass is 10.0. The van der Waals surface area contributed by atoms with Crippen molar-refractivity contribution in [3.8, 4) is 11.3 Å². The van der Waals surface area contributed by atoms with E-state index in [9.17, 15) is 9.59 Å². The van der Waals surface area contributed by atoms with Crippen LogP contribution in [0, 0.1) is 6.92 Å². The fourth-order valence-electron chi connectivity index (χ4n) is 3.40. The third kappa shape index (κ3) is 4.39. The molecule has 4 rings (SSSR count). The van der Waals surface area contributed by atoms with Gasteiger partial charge in [0, 0.05) is 35.9 Å². The van der Waals surface area contributed by atoms with Crippen molar-refractivity contribution in [3.63, 3.8) is 0 Å². The summed E-state index contributed by atoms with van der Waals surface area (Å²) < 4.78 is 1.91. The number of carbonyl (C=O) groups excluding carboxylic acids is 1. The van der Waals surface area contributed by atoms with Gasteiger partial charge in [-0.2, -0.15) is 0 Å². The minimum Gasteiger partial charge on any atom is -0.338 e. The smallest absolute Gasteiger partial charge is 0.261 e. The number of hydrogen-bond donors (Lipinski definition) is 1. The van der Waals surface area contributed by atoms with Crippen LogP contribution in [-0.2, 0) is 6.54 Å². The molecule has 0 saturated heterocycles. The lowest BCUT2D eigenvalue weighted by Crippen LogP contribution is -2.27. The van der Waals surface area contributed by atoms with E-state index in [1.807, 2.05) is 35.8 Å². The van der Waals surface area contributed by atoms with Gasteiger partial charge >= 0.3 is 0 Å². The summed E-state index contributed by atoms with van der Waals surface area (Å²) in [5.74, 6) is -0.535. The minimum atomic E-state index is -0.535. The van der Waals surface area contributed by atoms with E-state index in [0.29, 0.717) is 34.2 Å². The summed E-state index contributed by atoms with van der Waals surface area (Å²) in [6, 6.07) is 17.6. The highest BCUT2D eigenvalue weighted by Crippen LogP contribution is 2.26. The average molecular weight is 431 g/mol. The Morgan fingerprint density at radius 1 is 1.06 bits per heavy atom. The molecule has 0 fully saturated rings. The van der Waals surface area contributed by atoms with E-state index in [1.54, 1.807) is 48.9 Å². The van der Waals surface area contributed by atoms with E-state index >= 15 is 0 Å². The zero-order valence-electron chi connectivity index (χ0n) is 16.7. The summed E-state index contributed by atoms with van der Waals surface area (Å²) in [5.41, 5.74) is 2.73. The number of amides is 1. The van der Waals surface area contributed by atoms with Gasteiger partial charge in [0.2, 0.25) is 0 Å². The topological polar surface area (TPSA) is 76.9 Å². The molecule has 4 aromatic rings. The molecular weight excluding hydrogens is 412 g/mol. The molecule has 0 radical (unpaired) electrons. The zero-order valence-corrected chi connectivity index (χ0v) is 17.5. The Balaban J connectivity index is 1.90. The van der Waals surface area contributed by atoms with Crippen LogP contribution in [0.25, 0.3) is 11.3 Å². The van der Waals surface area contributed by atoms with E-state index in [2.05, 4.69) is 15.3 Å². The number of carbonyl (C=O) groups is 1. The van der Waals surface area contributed by atoms with Crippen molar-refractivity contribution in [2.75, 3.05) is 5.32 Å². The quantitative estimate of drug-likeness (QED) is 0.503. The zero-order chi connectivity index (χ0) is 21.8. The number of para-hydroxylation sites is 1. The van der Waals surface area contributed by atoms with Crippen molar-refractivity contribution < 1.29 is 4.79 Å². The van der Waals surface area contributed by atoms with Gasteiger partial charge in [-0.05, 0) is 43.3 Å². The average Bonchev–Trinajstić information content (AvgIpc) is 2.78. The largest absolute Gasteiger partial charge is 0.338 e. The van der Waals surface area contributed by atoms with Gasteiger partial charge in [0.25, 0.3) is 5.91 Å². The van der Waals surface area contributed by atoms with Crippen molar-refractivity contribution in [2.45, 2.75) is 13.5 Å². The first-order valence-electron chi connectivity index (χ1n) is 9.65. The number of rotatable bonds is 5. The first-order chi connectivity index (χ1) is 15.0. The molecule has 0 unspecified atom stereocenters. The standard InChI is InChI=1S/C24H19ClN4O2/c1-16-13-21(30)22(24(31)28-20-10-3-2-9-19(20)25)23(17-7-6-11-26-14-17)29(16)15-18-8-4-5-12-27-18/h2-14H,15H2,1H3,(H,28,31). The van der Waals surface area contributed by atoms with Gasteiger partial charge in [-0.15, -0.1) is 0 Å². The second-order valence-corrected chi connectivity index (χ2v) is 7.36. The highest BCUT2D eigenvalue weighted by molar-refractivity contribution is 6.34. The molecule has 0 aliphatic heterocycles. The van der Waals surface area contributed by atoms with E-state index in [4.69, 9.17) is 11.6 Å². The summed E-state index contributed by atoms with van der Waals surface area (Å²) in [5, 5.41) is 3.16. The van der Waals surface area contributed by atoms with Crippen LogP contribution in [0.5, 0.6) is 0 Å². The Morgan fingerprint density at radius 3 is 2.58 bits per heavy atom. The molecule has 31 heavy (non-hydrogen) atoms. The van der Waals surface area contributed by atoms with Crippen LogP contribution in [0.1, 0.15) is 21.7 Å². The van der Waals surface area contributed by atoms with Gasteiger partial charge in [-0.1, -0.05) is 29.8 Å². The van der Waals surface area contributed by atoms with E-state index in [1.165, 1.54) is 6.07 Å². The van der Waals surface area contributed by atoms with Crippen molar-refractivity contribution in [2.24, 2.45) is 0 Å². The number of aromatic nitrogens is 3. The second-order valence-electron chi connectivity index (χ2n) is 6.96. The number of benzene rings is 1. The monoisotopic (exact) mass is 430 g/mol. The Morgan fingerprint density at radius 2 is 1.87 bits per heavy atom. The molecule has 0 atom stereocenters. The maximum Gasteiger partial charge on any atom is 0.261 e. The first-order valence-corrected chi connectivity index (χ1v) is 10.0. The maximum atomic E-state index is 13.3. The molecule has 6 nitrogen and oxygen atoms in total. The Hall–Kier alpha value is -3.77. The molecule has 154 valence electrons. The second kappa shape index (κ2) is 8.93. The minimum absolute atomic E-state index is 0.0226. The van der Waals surface area contributed by atoms with Gasteiger partial charge in [0.1, 0.15) is 5.56 Å². The van der Waals surface area contributed by atoms with Crippen molar-refractivity contribution in [3.05, 3.63) is 111 Å². The molecule has 0 bridgehead atoms. The molecule has 0 aliphatic rings. The third-order valence-corrected chi connectivity index (χ3v) is 5.18. The first kappa shape index (κ1) is 20.5. The lowest BCUT2D eigenvalue weighted by molar-refractivity contribution is 0.102. The van der Waals surface area contributed by atoms with Crippen molar-refractivity contribution in [1.29, 1.82) is 0 Å². The van der Waals surface area contributed by atoms with Crippen molar-refractivity contribution in [1.82, 2.24) is 14.5 Å². The Kier molecular flexibility index (Phi) is 5.91. The van der Waals surface area contributed by atoms with Crippen molar-refractivity contribution >= 4 is 23.2 Å². The predicted octanol–water partition coefficient (Wildman–Crippen LogP) is 4.57.